The molecule has 0 aliphatic rings. The average molecular weight is 310 g/mol. The van der Waals surface area contributed by atoms with Crippen molar-refractivity contribution in [3.63, 3.8) is 0 Å². The Bertz CT molecular complexity index is 659. The van der Waals surface area contributed by atoms with Crippen LogP contribution in [-0.2, 0) is 0 Å². The molecule has 0 aliphatic carbocycles. The maximum Gasteiger partial charge on any atom is 0.259 e. The van der Waals surface area contributed by atoms with Gasteiger partial charge >= 0.3 is 0 Å². The first-order valence-electron chi connectivity index (χ1n) is 5.92. The van der Waals surface area contributed by atoms with E-state index in [9.17, 15) is 4.79 Å². The van der Waals surface area contributed by atoms with E-state index in [1.165, 1.54) is 0 Å². The molecule has 6 heteroatoms. The lowest BCUT2D eigenvalue weighted by Crippen LogP contribution is -2.15. The summed E-state index contributed by atoms with van der Waals surface area (Å²) in [6.07, 6.45) is 1.61. The van der Waals surface area contributed by atoms with Gasteiger partial charge in [-0.2, -0.15) is 0 Å². The number of rotatable bonds is 3. The average Bonchev–Trinajstić information content (AvgIpc) is 2.44. The van der Waals surface area contributed by atoms with Gasteiger partial charge in [0.15, 0.2) is 0 Å². The molecule has 0 aliphatic heterocycles. The van der Waals surface area contributed by atoms with Gasteiger partial charge < -0.3 is 10.6 Å². The van der Waals surface area contributed by atoms with Crippen molar-refractivity contribution in [2.24, 2.45) is 0 Å². The molecule has 1 amide bonds. The second-order valence-electron chi connectivity index (χ2n) is 4.18. The van der Waals surface area contributed by atoms with Crippen LogP contribution in [0.2, 0.25) is 10.0 Å². The van der Waals surface area contributed by atoms with Crippen LogP contribution >= 0.6 is 23.2 Å². The van der Waals surface area contributed by atoms with Crippen LogP contribution < -0.4 is 10.6 Å². The Balaban J connectivity index is 2.30. The molecule has 20 heavy (non-hydrogen) atoms. The topological polar surface area (TPSA) is 54.0 Å². The highest BCUT2D eigenvalue weighted by Gasteiger charge is 2.13. The number of nitrogens with zero attached hydrogens (tertiary/aromatic N) is 1. The Kier molecular flexibility index (Phi) is 4.47. The summed E-state index contributed by atoms with van der Waals surface area (Å²) in [6.45, 7) is 1.85. The van der Waals surface area contributed by atoms with Crippen molar-refractivity contribution in [3.8, 4) is 0 Å². The molecule has 0 spiro atoms. The van der Waals surface area contributed by atoms with Crippen LogP contribution in [0.3, 0.4) is 0 Å². The highest BCUT2D eigenvalue weighted by molar-refractivity contribution is 6.36. The Morgan fingerprint density at radius 1 is 1.25 bits per heavy atom. The first kappa shape index (κ1) is 14.6. The minimum atomic E-state index is -0.302. The number of pyridine rings is 1. The number of hydrogen-bond donors (Lipinski definition) is 2. The van der Waals surface area contributed by atoms with Crippen molar-refractivity contribution in [2.75, 3.05) is 17.7 Å². The monoisotopic (exact) mass is 309 g/mol. The standard InChI is InChI=1S/C14H13Cl2N3O/c1-8-6-11(16)12(7-10(8)15)19-14(20)9-4-3-5-18-13(9)17-2/h3-7H,1-2H3,(H,17,18)(H,19,20). The number of benzene rings is 1. The molecule has 1 aromatic heterocycles. The van der Waals surface area contributed by atoms with Crippen LogP contribution in [0.5, 0.6) is 0 Å². The molecule has 2 rings (SSSR count). The van der Waals surface area contributed by atoms with Crippen molar-refractivity contribution in [1.29, 1.82) is 0 Å². The molecule has 0 saturated heterocycles. The molecule has 0 bridgehead atoms. The number of aryl methyl sites for hydroxylation is 1. The highest BCUT2D eigenvalue weighted by atomic mass is 35.5. The Morgan fingerprint density at radius 3 is 2.70 bits per heavy atom. The van der Waals surface area contributed by atoms with E-state index in [0.29, 0.717) is 27.1 Å². The van der Waals surface area contributed by atoms with E-state index in [4.69, 9.17) is 23.2 Å². The first-order valence-corrected chi connectivity index (χ1v) is 6.68. The molecule has 1 aromatic carbocycles. The van der Waals surface area contributed by atoms with Gasteiger partial charge in [0.05, 0.1) is 16.3 Å². The first-order chi connectivity index (χ1) is 9.52. The molecule has 104 valence electrons. The van der Waals surface area contributed by atoms with Crippen molar-refractivity contribution in [1.82, 2.24) is 4.98 Å². The molecule has 0 radical (unpaired) electrons. The summed E-state index contributed by atoms with van der Waals surface area (Å²) in [7, 11) is 1.70. The van der Waals surface area contributed by atoms with Crippen molar-refractivity contribution < 1.29 is 4.79 Å². The Morgan fingerprint density at radius 2 is 2.00 bits per heavy atom. The highest BCUT2D eigenvalue weighted by Crippen LogP contribution is 2.29. The van der Waals surface area contributed by atoms with Gasteiger partial charge in [-0.15, -0.1) is 0 Å². The van der Waals surface area contributed by atoms with E-state index in [0.717, 1.165) is 5.56 Å². The predicted molar refractivity (Wildman–Crippen MR) is 82.9 cm³/mol. The van der Waals surface area contributed by atoms with E-state index < -0.39 is 0 Å². The third kappa shape index (κ3) is 3.03. The van der Waals surface area contributed by atoms with Crippen molar-refractivity contribution in [2.45, 2.75) is 6.92 Å². The maximum absolute atomic E-state index is 12.2. The number of carbonyl (C=O) groups is 1. The third-order valence-corrected chi connectivity index (χ3v) is 3.51. The third-order valence-electron chi connectivity index (χ3n) is 2.79. The van der Waals surface area contributed by atoms with Crippen LogP contribution in [0.4, 0.5) is 11.5 Å². The van der Waals surface area contributed by atoms with E-state index >= 15 is 0 Å². The van der Waals surface area contributed by atoms with Crippen molar-refractivity contribution in [3.05, 3.63) is 51.6 Å². The lowest BCUT2D eigenvalue weighted by Gasteiger charge is -2.11. The normalized spacial score (nSPS) is 10.2. The molecule has 2 aromatic rings. The predicted octanol–water partition coefficient (Wildman–Crippen LogP) is 3.99. The van der Waals surface area contributed by atoms with Gasteiger partial charge in [-0.1, -0.05) is 23.2 Å². The summed E-state index contributed by atoms with van der Waals surface area (Å²) in [4.78, 5) is 16.3. The number of aromatic nitrogens is 1. The summed E-state index contributed by atoms with van der Waals surface area (Å²) < 4.78 is 0. The summed E-state index contributed by atoms with van der Waals surface area (Å²) in [5, 5.41) is 6.59. The second-order valence-corrected chi connectivity index (χ2v) is 5.00. The SMILES string of the molecule is CNc1ncccc1C(=O)Nc1cc(Cl)c(C)cc1Cl. The van der Waals surface area contributed by atoms with Crippen LogP contribution in [0.25, 0.3) is 0 Å². The maximum atomic E-state index is 12.2. The number of amides is 1. The largest absolute Gasteiger partial charge is 0.372 e. The smallest absolute Gasteiger partial charge is 0.259 e. The zero-order valence-corrected chi connectivity index (χ0v) is 12.5. The number of nitrogens with one attached hydrogen (secondary N) is 2. The van der Waals surface area contributed by atoms with Gasteiger partial charge in [-0.25, -0.2) is 4.98 Å². The van der Waals surface area contributed by atoms with Gasteiger partial charge in [-0.05, 0) is 36.8 Å². The molecule has 0 atom stereocenters. The molecule has 0 fully saturated rings. The molecule has 2 N–H and O–H groups in total. The number of hydrogen-bond acceptors (Lipinski definition) is 3. The van der Waals surface area contributed by atoms with E-state index in [2.05, 4.69) is 15.6 Å². The van der Waals surface area contributed by atoms with E-state index in [1.54, 1.807) is 37.5 Å². The van der Waals surface area contributed by atoms with Gasteiger partial charge in [0.1, 0.15) is 5.82 Å². The summed E-state index contributed by atoms with van der Waals surface area (Å²) in [5.41, 5.74) is 1.76. The second kappa shape index (κ2) is 6.11. The van der Waals surface area contributed by atoms with E-state index in [-0.39, 0.29) is 5.91 Å². The Labute approximate surface area is 127 Å². The Hall–Kier alpha value is -1.78. The van der Waals surface area contributed by atoms with Gasteiger partial charge in [0.25, 0.3) is 5.91 Å². The van der Waals surface area contributed by atoms with Crippen LogP contribution in [-0.4, -0.2) is 17.9 Å². The lowest BCUT2D eigenvalue weighted by molar-refractivity contribution is 0.102. The van der Waals surface area contributed by atoms with Crippen LogP contribution in [0, 0.1) is 6.92 Å². The molecular formula is C14H13Cl2N3O. The number of anilines is 2. The van der Waals surface area contributed by atoms with Crippen molar-refractivity contribution >= 4 is 40.6 Å². The lowest BCUT2D eigenvalue weighted by atomic mass is 10.2. The fourth-order valence-electron chi connectivity index (χ4n) is 1.72. The molecule has 4 nitrogen and oxygen atoms in total. The molecule has 1 heterocycles. The number of halogens is 2. The fraction of sp³-hybridized carbons (Fsp3) is 0.143. The minimum Gasteiger partial charge on any atom is -0.372 e. The summed E-state index contributed by atoms with van der Waals surface area (Å²) >= 11 is 12.1. The summed E-state index contributed by atoms with van der Waals surface area (Å²) in [5.74, 6) is 0.198. The van der Waals surface area contributed by atoms with Gasteiger partial charge in [0, 0.05) is 18.3 Å². The zero-order chi connectivity index (χ0) is 14.7. The minimum absolute atomic E-state index is 0.302. The van der Waals surface area contributed by atoms with Crippen LogP contribution in [0.1, 0.15) is 15.9 Å². The van der Waals surface area contributed by atoms with E-state index in [1.807, 2.05) is 6.92 Å². The van der Waals surface area contributed by atoms with Gasteiger partial charge in [-0.3, -0.25) is 4.79 Å². The van der Waals surface area contributed by atoms with Crippen LogP contribution in [0.15, 0.2) is 30.5 Å². The molecular weight excluding hydrogens is 297 g/mol. The molecule has 0 unspecified atom stereocenters. The fourth-order valence-corrected chi connectivity index (χ4v) is 2.15. The number of carbonyl (C=O) groups excluding carboxylic acids is 1. The quantitative estimate of drug-likeness (QED) is 0.901. The van der Waals surface area contributed by atoms with Gasteiger partial charge in [0.2, 0.25) is 0 Å². The summed E-state index contributed by atoms with van der Waals surface area (Å²) in [6, 6.07) is 6.71. The molecule has 0 saturated carbocycles. The zero-order valence-electron chi connectivity index (χ0n) is 11.0.